The fraction of sp³-hybridized carbons (Fsp3) is 0.154. The zero-order valence-electron chi connectivity index (χ0n) is 10.8. The predicted octanol–water partition coefficient (Wildman–Crippen LogP) is 2.21. The summed E-state index contributed by atoms with van der Waals surface area (Å²) in [6.07, 6.45) is 1.52. The second-order valence-corrected chi connectivity index (χ2v) is 4.41. The van der Waals surface area contributed by atoms with Gasteiger partial charge in [0.05, 0.1) is 12.7 Å². The fourth-order valence-electron chi connectivity index (χ4n) is 1.69. The molecule has 102 valence electrons. The normalized spacial score (nSPS) is 9.90. The van der Waals surface area contributed by atoms with Crippen molar-refractivity contribution in [3.05, 3.63) is 40.5 Å². The summed E-state index contributed by atoms with van der Waals surface area (Å²) in [5.41, 5.74) is 0.597. The quantitative estimate of drug-likeness (QED) is 0.940. The van der Waals surface area contributed by atoms with E-state index in [9.17, 15) is 4.79 Å². The average molecular weight is 291 g/mol. The molecule has 0 saturated heterocycles. The number of hydrogen-bond acceptors (Lipinski definition) is 4. The predicted molar refractivity (Wildman–Crippen MR) is 73.9 cm³/mol. The van der Waals surface area contributed by atoms with Crippen molar-refractivity contribution in [2.75, 3.05) is 12.4 Å². The van der Waals surface area contributed by atoms with Crippen molar-refractivity contribution in [1.82, 2.24) is 9.78 Å². The van der Waals surface area contributed by atoms with Gasteiger partial charge < -0.3 is 10.1 Å². The highest BCUT2D eigenvalue weighted by molar-refractivity contribution is 6.31. The van der Waals surface area contributed by atoms with Gasteiger partial charge in [-0.2, -0.15) is 10.4 Å². The molecule has 0 saturated carbocycles. The molecule has 0 aliphatic rings. The van der Waals surface area contributed by atoms with Gasteiger partial charge in [0.15, 0.2) is 5.82 Å². The molecule has 0 atom stereocenters. The number of anilines is 1. The fourth-order valence-corrected chi connectivity index (χ4v) is 1.85. The van der Waals surface area contributed by atoms with Crippen LogP contribution in [-0.4, -0.2) is 22.8 Å². The first-order chi connectivity index (χ1) is 9.55. The summed E-state index contributed by atoms with van der Waals surface area (Å²) >= 11 is 5.84. The van der Waals surface area contributed by atoms with Crippen LogP contribution in [0.4, 0.5) is 5.82 Å². The van der Waals surface area contributed by atoms with E-state index in [1.807, 2.05) is 6.07 Å². The Morgan fingerprint density at radius 3 is 2.95 bits per heavy atom. The molecule has 2 rings (SSSR count). The molecule has 6 nitrogen and oxygen atoms in total. The molecular formula is C13H11ClN4O2. The lowest BCUT2D eigenvalue weighted by atomic mass is 10.2. The number of nitriles is 1. The standard InChI is InChI=1S/C13H11ClN4O2/c1-18-7-8(6-15)12(17-18)16-13(19)10-4-3-9(14)5-11(10)20-2/h3-5,7H,1-2H3,(H,16,17,19). The SMILES string of the molecule is COc1cc(Cl)ccc1C(=O)Nc1nn(C)cc1C#N. The number of rotatable bonds is 3. The van der Waals surface area contributed by atoms with Crippen LogP contribution in [0, 0.1) is 11.3 Å². The zero-order chi connectivity index (χ0) is 14.7. The van der Waals surface area contributed by atoms with Gasteiger partial charge in [0, 0.05) is 18.3 Å². The molecule has 0 aliphatic carbocycles. The lowest BCUT2D eigenvalue weighted by Crippen LogP contribution is -2.14. The minimum atomic E-state index is -0.422. The van der Waals surface area contributed by atoms with Crippen LogP contribution in [0.25, 0.3) is 0 Å². The average Bonchev–Trinajstić information content (AvgIpc) is 2.78. The van der Waals surface area contributed by atoms with Crippen LogP contribution in [0.5, 0.6) is 5.75 Å². The molecule has 1 aromatic carbocycles. The van der Waals surface area contributed by atoms with Gasteiger partial charge in [-0.3, -0.25) is 9.48 Å². The molecule has 1 heterocycles. The van der Waals surface area contributed by atoms with Gasteiger partial charge >= 0.3 is 0 Å². The van der Waals surface area contributed by atoms with E-state index in [0.717, 1.165) is 0 Å². The van der Waals surface area contributed by atoms with E-state index in [0.29, 0.717) is 16.3 Å². The van der Waals surface area contributed by atoms with Crippen LogP contribution in [-0.2, 0) is 7.05 Å². The van der Waals surface area contributed by atoms with Crippen molar-refractivity contribution in [2.45, 2.75) is 0 Å². The van der Waals surface area contributed by atoms with Gasteiger partial charge in [-0.05, 0) is 18.2 Å². The molecule has 1 N–H and O–H groups in total. The number of aryl methyl sites for hydroxylation is 1. The highest BCUT2D eigenvalue weighted by Crippen LogP contribution is 2.24. The summed E-state index contributed by atoms with van der Waals surface area (Å²) < 4.78 is 6.56. The number of nitrogens with zero attached hydrogens (tertiary/aromatic N) is 3. The van der Waals surface area contributed by atoms with Crippen LogP contribution in [0.3, 0.4) is 0 Å². The minimum absolute atomic E-state index is 0.206. The minimum Gasteiger partial charge on any atom is -0.496 e. The zero-order valence-corrected chi connectivity index (χ0v) is 11.6. The summed E-state index contributed by atoms with van der Waals surface area (Å²) in [6, 6.07) is 6.64. The van der Waals surface area contributed by atoms with E-state index in [1.165, 1.54) is 18.0 Å². The molecule has 0 aliphatic heterocycles. The number of halogens is 1. The van der Waals surface area contributed by atoms with E-state index < -0.39 is 5.91 Å². The molecule has 20 heavy (non-hydrogen) atoms. The van der Waals surface area contributed by atoms with Crippen LogP contribution < -0.4 is 10.1 Å². The number of carbonyl (C=O) groups is 1. The summed E-state index contributed by atoms with van der Waals surface area (Å²) in [5.74, 6) is 0.134. The van der Waals surface area contributed by atoms with Crippen molar-refractivity contribution >= 4 is 23.3 Å². The Labute approximate surface area is 120 Å². The smallest absolute Gasteiger partial charge is 0.260 e. The first-order valence-electron chi connectivity index (χ1n) is 5.63. The third-order valence-electron chi connectivity index (χ3n) is 2.59. The highest BCUT2D eigenvalue weighted by atomic mass is 35.5. The molecule has 0 spiro atoms. The van der Waals surface area contributed by atoms with Crippen molar-refractivity contribution in [1.29, 1.82) is 5.26 Å². The number of benzene rings is 1. The Hall–Kier alpha value is -2.52. The monoisotopic (exact) mass is 290 g/mol. The van der Waals surface area contributed by atoms with Crippen molar-refractivity contribution in [3.8, 4) is 11.8 Å². The number of carbonyl (C=O) groups excluding carboxylic acids is 1. The topological polar surface area (TPSA) is 79.9 Å². The van der Waals surface area contributed by atoms with Crippen molar-refractivity contribution < 1.29 is 9.53 Å². The molecule has 1 aromatic heterocycles. The van der Waals surface area contributed by atoms with Crippen molar-refractivity contribution in [3.63, 3.8) is 0 Å². The summed E-state index contributed by atoms with van der Waals surface area (Å²) in [5, 5.41) is 16.0. The van der Waals surface area contributed by atoms with Gasteiger partial charge in [0.25, 0.3) is 5.91 Å². The number of aromatic nitrogens is 2. The van der Waals surface area contributed by atoms with Crippen LogP contribution in [0.2, 0.25) is 5.02 Å². The van der Waals surface area contributed by atoms with E-state index in [-0.39, 0.29) is 11.4 Å². The Kier molecular flexibility index (Phi) is 3.91. The Bertz CT molecular complexity index is 703. The van der Waals surface area contributed by atoms with E-state index in [1.54, 1.807) is 25.2 Å². The van der Waals surface area contributed by atoms with Gasteiger partial charge in [0.1, 0.15) is 17.4 Å². The molecular weight excluding hydrogens is 280 g/mol. The molecule has 1 amide bonds. The summed E-state index contributed by atoms with van der Waals surface area (Å²) in [6.45, 7) is 0. The lowest BCUT2D eigenvalue weighted by Gasteiger charge is -2.08. The highest BCUT2D eigenvalue weighted by Gasteiger charge is 2.16. The number of hydrogen-bond donors (Lipinski definition) is 1. The largest absolute Gasteiger partial charge is 0.496 e. The van der Waals surface area contributed by atoms with Crippen LogP contribution >= 0.6 is 11.6 Å². The third-order valence-corrected chi connectivity index (χ3v) is 2.82. The molecule has 2 aromatic rings. The molecule has 0 radical (unpaired) electrons. The molecule has 7 heteroatoms. The summed E-state index contributed by atoms with van der Waals surface area (Å²) in [7, 11) is 3.11. The Morgan fingerprint density at radius 1 is 1.55 bits per heavy atom. The van der Waals surface area contributed by atoms with Gasteiger partial charge in [-0.25, -0.2) is 0 Å². The van der Waals surface area contributed by atoms with E-state index in [2.05, 4.69) is 10.4 Å². The van der Waals surface area contributed by atoms with Crippen LogP contribution in [0.1, 0.15) is 15.9 Å². The number of ether oxygens (including phenoxy) is 1. The first kappa shape index (κ1) is 13.9. The molecule has 0 bridgehead atoms. The van der Waals surface area contributed by atoms with Crippen LogP contribution in [0.15, 0.2) is 24.4 Å². The maximum atomic E-state index is 12.2. The lowest BCUT2D eigenvalue weighted by molar-refractivity contribution is 0.102. The third kappa shape index (κ3) is 2.73. The van der Waals surface area contributed by atoms with Gasteiger partial charge in [-0.15, -0.1) is 0 Å². The molecule has 0 unspecified atom stereocenters. The maximum Gasteiger partial charge on any atom is 0.260 e. The number of nitrogens with one attached hydrogen (secondary N) is 1. The van der Waals surface area contributed by atoms with Crippen molar-refractivity contribution in [2.24, 2.45) is 7.05 Å². The second-order valence-electron chi connectivity index (χ2n) is 3.98. The second kappa shape index (κ2) is 5.63. The van der Waals surface area contributed by atoms with E-state index >= 15 is 0 Å². The Morgan fingerprint density at radius 2 is 2.30 bits per heavy atom. The first-order valence-corrected chi connectivity index (χ1v) is 6.01. The number of methoxy groups -OCH3 is 1. The van der Waals surface area contributed by atoms with Gasteiger partial charge in [0.2, 0.25) is 0 Å². The van der Waals surface area contributed by atoms with Gasteiger partial charge in [-0.1, -0.05) is 11.6 Å². The maximum absolute atomic E-state index is 12.2. The van der Waals surface area contributed by atoms with E-state index in [4.69, 9.17) is 21.6 Å². The Balaban J connectivity index is 2.31. The summed E-state index contributed by atoms with van der Waals surface area (Å²) in [4.78, 5) is 12.2. The molecule has 0 fully saturated rings. The number of amides is 1.